The molecule has 2 aromatic rings. The van der Waals surface area contributed by atoms with E-state index in [4.69, 9.17) is 11.6 Å². The Labute approximate surface area is 127 Å². The number of benzene rings is 1. The van der Waals surface area contributed by atoms with E-state index in [-0.39, 0.29) is 22.9 Å². The topological polar surface area (TPSA) is 78.0 Å². The number of piperidine rings is 1. The first kappa shape index (κ1) is 14.1. The standard InChI is InChI=1S/C15H16ClN3O2/c16-11-4-2-1-3-10(11)12-14(20)18-13(19-15(12)21)9-5-7-17-8-6-9/h1-4,9,17H,5-8H2,(H2,18,19,20,21). The zero-order chi connectivity index (χ0) is 14.8. The first-order valence-electron chi connectivity index (χ1n) is 6.95. The van der Waals surface area contributed by atoms with Crippen molar-refractivity contribution in [2.75, 3.05) is 13.1 Å². The number of hydrogen-bond acceptors (Lipinski definition) is 4. The van der Waals surface area contributed by atoms with Crippen LogP contribution in [0.5, 0.6) is 5.88 Å². The molecule has 21 heavy (non-hydrogen) atoms. The van der Waals surface area contributed by atoms with Crippen LogP contribution in [0.25, 0.3) is 11.1 Å². The van der Waals surface area contributed by atoms with E-state index in [9.17, 15) is 9.90 Å². The van der Waals surface area contributed by atoms with E-state index >= 15 is 0 Å². The normalized spacial score (nSPS) is 16.0. The second kappa shape index (κ2) is 5.87. The number of halogens is 1. The molecule has 2 heterocycles. The molecule has 0 aliphatic carbocycles. The molecule has 1 aliphatic rings. The maximum Gasteiger partial charge on any atom is 0.262 e. The molecule has 1 aromatic heterocycles. The molecule has 6 heteroatoms. The third-order valence-electron chi connectivity index (χ3n) is 3.79. The fraction of sp³-hybridized carbons (Fsp3) is 0.333. The maximum atomic E-state index is 12.3. The average Bonchev–Trinajstić information content (AvgIpc) is 2.49. The van der Waals surface area contributed by atoms with Gasteiger partial charge in [0.15, 0.2) is 0 Å². The van der Waals surface area contributed by atoms with E-state index in [2.05, 4.69) is 15.3 Å². The lowest BCUT2D eigenvalue weighted by Crippen LogP contribution is -2.28. The van der Waals surface area contributed by atoms with Gasteiger partial charge in [0.2, 0.25) is 5.88 Å². The average molecular weight is 306 g/mol. The molecule has 0 saturated carbocycles. The summed E-state index contributed by atoms with van der Waals surface area (Å²) in [4.78, 5) is 19.3. The Morgan fingerprint density at radius 3 is 2.62 bits per heavy atom. The van der Waals surface area contributed by atoms with Crippen molar-refractivity contribution in [2.45, 2.75) is 18.8 Å². The molecule has 0 amide bonds. The predicted molar refractivity (Wildman–Crippen MR) is 81.8 cm³/mol. The lowest BCUT2D eigenvalue weighted by molar-refractivity contribution is 0.420. The second-order valence-electron chi connectivity index (χ2n) is 5.15. The molecule has 0 spiro atoms. The SMILES string of the molecule is O=c1[nH]c(C2CCNCC2)nc(O)c1-c1ccccc1Cl. The van der Waals surface area contributed by atoms with Crippen molar-refractivity contribution in [3.63, 3.8) is 0 Å². The number of nitrogens with one attached hydrogen (secondary N) is 2. The maximum absolute atomic E-state index is 12.3. The summed E-state index contributed by atoms with van der Waals surface area (Å²) < 4.78 is 0. The fourth-order valence-corrected chi connectivity index (χ4v) is 2.90. The van der Waals surface area contributed by atoms with Crippen molar-refractivity contribution < 1.29 is 5.11 Å². The Bertz CT molecular complexity index is 708. The first-order chi connectivity index (χ1) is 10.2. The molecular weight excluding hydrogens is 290 g/mol. The van der Waals surface area contributed by atoms with E-state index in [0.717, 1.165) is 25.9 Å². The molecule has 1 aliphatic heterocycles. The van der Waals surface area contributed by atoms with Crippen molar-refractivity contribution in [1.82, 2.24) is 15.3 Å². The molecule has 110 valence electrons. The van der Waals surface area contributed by atoms with Gasteiger partial charge in [-0.15, -0.1) is 0 Å². The molecule has 1 saturated heterocycles. The van der Waals surface area contributed by atoms with Gasteiger partial charge >= 0.3 is 0 Å². The summed E-state index contributed by atoms with van der Waals surface area (Å²) in [7, 11) is 0. The smallest absolute Gasteiger partial charge is 0.262 e. The van der Waals surface area contributed by atoms with Crippen LogP contribution in [0.3, 0.4) is 0 Å². The molecule has 0 unspecified atom stereocenters. The minimum Gasteiger partial charge on any atom is -0.493 e. The number of hydrogen-bond donors (Lipinski definition) is 3. The third kappa shape index (κ3) is 2.80. The van der Waals surface area contributed by atoms with Gasteiger partial charge in [-0.3, -0.25) is 4.79 Å². The van der Waals surface area contributed by atoms with Crippen molar-refractivity contribution in [1.29, 1.82) is 0 Å². The van der Waals surface area contributed by atoms with Crippen LogP contribution in [0.4, 0.5) is 0 Å². The number of aromatic amines is 1. The summed E-state index contributed by atoms with van der Waals surface area (Å²) >= 11 is 6.09. The molecule has 1 fully saturated rings. The largest absolute Gasteiger partial charge is 0.493 e. The van der Waals surface area contributed by atoms with Gasteiger partial charge in [-0.05, 0) is 32.0 Å². The van der Waals surface area contributed by atoms with Gasteiger partial charge in [0.25, 0.3) is 5.56 Å². The molecular formula is C15H16ClN3O2. The Kier molecular flexibility index (Phi) is 3.94. The van der Waals surface area contributed by atoms with Crippen molar-refractivity contribution in [2.24, 2.45) is 0 Å². The molecule has 0 bridgehead atoms. The summed E-state index contributed by atoms with van der Waals surface area (Å²) in [6, 6.07) is 6.91. The second-order valence-corrected chi connectivity index (χ2v) is 5.56. The Morgan fingerprint density at radius 1 is 1.24 bits per heavy atom. The summed E-state index contributed by atoms with van der Waals surface area (Å²) in [6.45, 7) is 1.78. The number of H-pyrrole nitrogens is 1. The van der Waals surface area contributed by atoms with Gasteiger partial charge in [0.05, 0.1) is 0 Å². The van der Waals surface area contributed by atoms with Gasteiger partial charge in [-0.25, -0.2) is 0 Å². The molecule has 3 rings (SSSR count). The first-order valence-corrected chi connectivity index (χ1v) is 7.33. The Hall–Kier alpha value is -1.85. The van der Waals surface area contributed by atoms with E-state index in [1.165, 1.54) is 0 Å². The van der Waals surface area contributed by atoms with Crippen molar-refractivity contribution in [3.8, 4) is 17.0 Å². The van der Waals surface area contributed by atoms with Crippen LogP contribution in [-0.4, -0.2) is 28.2 Å². The highest BCUT2D eigenvalue weighted by molar-refractivity contribution is 6.33. The van der Waals surface area contributed by atoms with Crippen molar-refractivity contribution >= 4 is 11.6 Å². The lowest BCUT2D eigenvalue weighted by atomic mass is 9.97. The van der Waals surface area contributed by atoms with Crippen LogP contribution < -0.4 is 10.9 Å². The number of aromatic nitrogens is 2. The van der Waals surface area contributed by atoms with Crippen LogP contribution >= 0.6 is 11.6 Å². The molecule has 0 radical (unpaired) electrons. The summed E-state index contributed by atoms with van der Waals surface area (Å²) in [5.74, 6) is 0.459. The Balaban J connectivity index is 2.05. The lowest BCUT2D eigenvalue weighted by Gasteiger charge is -2.22. The monoisotopic (exact) mass is 305 g/mol. The summed E-state index contributed by atoms with van der Waals surface area (Å²) in [5, 5.41) is 13.8. The van der Waals surface area contributed by atoms with Gasteiger partial charge in [0.1, 0.15) is 11.4 Å². The van der Waals surface area contributed by atoms with Crippen LogP contribution in [-0.2, 0) is 0 Å². The van der Waals surface area contributed by atoms with E-state index in [1.54, 1.807) is 24.3 Å². The van der Waals surface area contributed by atoms with E-state index in [0.29, 0.717) is 16.4 Å². The highest BCUT2D eigenvalue weighted by atomic mass is 35.5. The van der Waals surface area contributed by atoms with Crippen LogP contribution in [0, 0.1) is 0 Å². The van der Waals surface area contributed by atoms with Gasteiger partial charge in [0, 0.05) is 16.5 Å². The van der Waals surface area contributed by atoms with E-state index < -0.39 is 0 Å². The number of rotatable bonds is 2. The van der Waals surface area contributed by atoms with E-state index in [1.807, 2.05) is 0 Å². The fourth-order valence-electron chi connectivity index (χ4n) is 2.67. The van der Waals surface area contributed by atoms with Crippen molar-refractivity contribution in [3.05, 3.63) is 45.5 Å². The van der Waals surface area contributed by atoms with Gasteiger partial charge in [-0.2, -0.15) is 4.98 Å². The van der Waals surface area contributed by atoms with Gasteiger partial charge < -0.3 is 15.4 Å². The minimum absolute atomic E-state index is 0.123. The quantitative estimate of drug-likeness (QED) is 0.795. The minimum atomic E-state index is -0.357. The zero-order valence-corrected chi connectivity index (χ0v) is 12.2. The highest BCUT2D eigenvalue weighted by Gasteiger charge is 2.21. The zero-order valence-electron chi connectivity index (χ0n) is 11.4. The molecule has 1 aromatic carbocycles. The third-order valence-corrected chi connectivity index (χ3v) is 4.12. The predicted octanol–water partition coefficient (Wildman–Crippen LogP) is 2.26. The summed E-state index contributed by atoms with van der Waals surface area (Å²) in [5.41, 5.74) is 0.254. The highest BCUT2D eigenvalue weighted by Crippen LogP contribution is 2.31. The molecule has 5 nitrogen and oxygen atoms in total. The van der Waals surface area contributed by atoms with Crippen LogP contribution in [0.15, 0.2) is 29.1 Å². The molecule has 3 N–H and O–H groups in total. The number of aromatic hydroxyl groups is 1. The Morgan fingerprint density at radius 2 is 1.95 bits per heavy atom. The van der Waals surface area contributed by atoms with Crippen LogP contribution in [0.1, 0.15) is 24.6 Å². The number of nitrogens with zero attached hydrogens (tertiary/aromatic N) is 1. The molecule has 0 atom stereocenters. The summed E-state index contributed by atoms with van der Waals surface area (Å²) in [6.07, 6.45) is 1.79. The van der Waals surface area contributed by atoms with Crippen LogP contribution in [0.2, 0.25) is 5.02 Å². The van der Waals surface area contributed by atoms with Gasteiger partial charge in [-0.1, -0.05) is 29.8 Å².